The second-order valence-electron chi connectivity index (χ2n) is 8.14. The van der Waals surface area contributed by atoms with Gasteiger partial charge in [-0.05, 0) is 68.4 Å². The number of ether oxygens (including phenoxy) is 2. The first-order chi connectivity index (χ1) is 15.2. The van der Waals surface area contributed by atoms with Gasteiger partial charge in [-0.2, -0.15) is 0 Å². The van der Waals surface area contributed by atoms with Crippen LogP contribution in [-0.2, 0) is 20.8 Å². The first-order valence-corrected chi connectivity index (χ1v) is 11.1. The number of nitrogens with zero attached hydrogens (tertiary/aromatic N) is 1. The van der Waals surface area contributed by atoms with Crippen LogP contribution in [0.1, 0.15) is 60.9 Å². The number of hydrogen-bond acceptors (Lipinski definition) is 6. The summed E-state index contributed by atoms with van der Waals surface area (Å²) in [5.74, 6) is 0.205. The molecule has 0 unspecified atom stereocenters. The number of rotatable bonds is 7. The van der Waals surface area contributed by atoms with Gasteiger partial charge in [0.05, 0.1) is 5.56 Å². The van der Waals surface area contributed by atoms with Crippen molar-refractivity contribution in [3.05, 3.63) is 53.7 Å². The van der Waals surface area contributed by atoms with Gasteiger partial charge in [0.25, 0.3) is 5.91 Å². The fourth-order valence-corrected chi connectivity index (χ4v) is 4.02. The van der Waals surface area contributed by atoms with E-state index in [1.54, 1.807) is 18.3 Å². The highest BCUT2D eigenvalue weighted by atomic mass is 16.5. The maximum Gasteiger partial charge on any atom is 0.338 e. The zero-order valence-electron chi connectivity index (χ0n) is 17.6. The van der Waals surface area contributed by atoms with E-state index in [1.807, 2.05) is 24.3 Å². The lowest BCUT2D eigenvalue weighted by Gasteiger charge is -2.21. The molecule has 1 saturated heterocycles. The van der Waals surface area contributed by atoms with Gasteiger partial charge in [-0.15, -0.1) is 0 Å². The number of nitrogens with one attached hydrogen (secondary N) is 2. The van der Waals surface area contributed by atoms with Crippen LogP contribution in [-0.4, -0.2) is 35.7 Å². The highest BCUT2D eigenvalue weighted by Gasteiger charge is 2.23. The number of amides is 1. The van der Waals surface area contributed by atoms with Crippen LogP contribution < -0.4 is 10.6 Å². The van der Waals surface area contributed by atoms with E-state index in [4.69, 9.17) is 9.47 Å². The van der Waals surface area contributed by atoms with Crippen LogP contribution >= 0.6 is 0 Å². The smallest absolute Gasteiger partial charge is 0.338 e. The summed E-state index contributed by atoms with van der Waals surface area (Å²) in [5, 5.41) is 6.16. The largest absolute Gasteiger partial charge is 0.459 e. The Kier molecular flexibility index (Phi) is 7.14. The van der Waals surface area contributed by atoms with Gasteiger partial charge in [0.15, 0.2) is 0 Å². The number of aromatic nitrogens is 1. The lowest BCUT2D eigenvalue weighted by atomic mass is 9.98. The second kappa shape index (κ2) is 10.4. The lowest BCUT2D eigenvalue weighted by molar-refractivity contribution is -0.124. The van der Waals surface area contributed by atoms with E-state index in [-0.39, 0.29) is 24.1 Å². The average molecular weight is 424 g/mol. The van der Waals surface area contributed by atoms with Crippen LogP contribution in [0.2, 0.25) is 0 Å². The third kappa shape index (κ3) is 6.04. The van der Waals surface area contributed by atoms with E-state index < -0.39 is 0 Å². The summed E-state index contributed by atoms with van der Waals surface area (Å²) in [6, 6.07) is 11.0. The minimum absolute atomic E-state index is 0.0263. The zero-order valence-corrected chi connectivity index (χ0v) is 17.6. The fraction of sp³-hybridized carbons (Fsp3) is 0.458. The zero-order chi connectivity index (χ0) is 21.5. The Hall–Kier alpha value is -2.93. The van der Waals surface area contributed by atoms with Gasteiger partial charge in [0, 0.05) is 25.0 Å². The molecule has 7 nitrogen and oxygen atoms in total. The SMILES string of the molecule is O=C(OC1CCCCC1)c1ccnc(NCc2cccc(NC(=O)[C@H]3CCCO3)c2)c1. The predicted molar refractivity (Wildman–Crippen MR) is 118 cm³/mol. The number of esters is 1. The maximum atomic E-state index is 12.5. The van der Waals surface area contributed by atoms with Crippen molar-refractivity contribution in [3.63, 3.8) is 0 Å². The third-order valence-electron chi connectivity index (χ3n) is 5.71. The molecule has 1 aliphatic carbocycles. The molecule has 2 heterocycles. The second-order valence-corrected chi connectivity index (χ2v) is 8.14. The highest BCUT2D eigenvalue weighted by molar-refractivity contribution is 5.94. The summed E-state index contributed by atoms with van der Waals surface area (Å²) in [6.07, 6.45) is 8.31. The highest BCUT2D eigenvalue weighted by Crippen LogP contribution is 2.22. The topological polar surface area (TPSA) is 89.5 Å². The molecular weight excluding hydrogens is 394 g/mol. The molecular formula is C24H29N3O4. The molecule has 2 N–H and O–H groups in total. The predicted octanol–water partition coefficient (Wildman–Crippen LogP) is 4.30. The van der Waals surface area contributed by atoms with E-state index >= 15 is 0 Å². The van der Waals surface area contributed by atoms with Crippen molar-refractivity contribution >= 4 is 23.4 Å². The Labute approximate surface area is 182 Å². The molecule has 1 saturated carbocycles. The molecule has 1 aromatic heterocycles. The average Bonchev–Trinajstić information content (AvgIpc) is 3.34. The summed E-state index contributed by atoms with van der Waals surface area (Å²) >= 11 is 0. The minimum Gasteiger partial charge on any atom is -0.459 e. The lowest BCUT2D eigenvalue weighted by Crippen LogP contribution is -2.26. The van der Waals surface area contributed by atoms with E-state index in [0.717, 1.165) is 49.8 Å². The Bertz CT molecular complexity index is 905. The molecule has 1 aliphatic heterocycles. The van der Waals surface area contributed by atoms with Crippen LogP contribution in [0.25, 0.3) is 0 Å². The van der Waals surface area contributed by atoms with Crippen molar-refractivity contribution in [2.75, 3.05) is 17.2 Å². The molecule has 0 bridgehead atoms. The van der Waals surface area contributed by atoms with Crippen molar-refractivity contribution in [2.24, 2.45) is 0 Å². The molecule has 7 heteroatoms. The quantitative estimate of drug-likeness (QED) is 0.646. The van der Waals surface area contributed by atoms with Crippen molar-refractivity contribution < 1.29 is 19.1 Å². The van der Waals surface area contributed by atoms with E-state index in [2.05, 4.69) is 15.6 Å². The normalized spacial score (nSPS) is 19.0. The van der Waals surface area contributed by atoms with Crippen molar-refractivity contribution in [3.8, 4) is 0 Å². The number of carbonyl (C=O) groups excluding carboxylic acids is 2. The summed E-state index contributed by atoms with van der Waals surface area (Å²) in [7, 11) is 0. The summed E-state index contributed by atoms with van der Waals surface area (Å²) in [6.45, 7) is 1.15. The molecule has 4 rings (SSSR count). The van der Waals surface area contributed by atoms with E-state index in [0.29, 0.717) is 24.5 Å². The molecule has 31 heavy (non-hydrogen) atoms. The number of carbonyl (C=O) groups is 2. The van der Waals surface area contributed by atoms with Gasteiger partial charge in [-0.25, -0.2) is 9.78 Å². The number of pyridine rings is 1. The van der Waals surface area contributed by atoms with Gasteiger partial charge in [0.2, 0.25) is 0 Å². The standard InChI is InChI=1S/C24H29N3O4/c28-23(21-10-5-13-30-21)27-19-7-4-6-17(14-19)16-26-22-15-18(11-12-25-22)24(29)31-20-8-2-1-3-9-20/h4,6-7,11-12,14-15,20-21H,1-3,5,8-10,13,16H2,(H,25,26)(H,27,28)/t21-/m1/s1. The molecule has 0 spiro atoms. The minimum atomic E-state index is -0.359. The van der Waals surface area contributed by atoms with Crippen LogP contribution in [0.3, 0.4) is 0 Å². The Morgan fingerprint density at radius 1 is 1.06 bits per heavy atom. The first kappa shape index (κ1) is 21.3. The molecule has 0 radical (unpaired) electrons. The Balaban J connectivity index is 1.32. The molecule has 2 fully saturated rings. The van der Waals surface area contributed by atoms with Gasteiger partial charge >= 0.3 is 5.97 Å². The van der Waals surface area contributed by atoms with E-state index in [9.17, 15) is 9.59 Å². The molecule has 2 aliphatic rings. The Morgan fingerprint density at radius 3 is 2.74 bits per heavy atom. The van der Waals surface area contributed by atoms with Gasteiger partial charge < -0.3 is 20.1 Å². The van der Waals surface area contributed by atoms with Gasteiger partial charge in [0.1, 0.15) is 18.0 Å². The Morgan fingerprint density at radius 2 is 1.94 bits per heavy atom. The fourth-order valence-electron chi connectivity index (χ4n) is 4.02. The molecule has 1 atom stereocenters. The number of anilines is 2. The van der Waals surface area contributed by atoms with Crippen LogP contribution in [0.5, 0.6) is 0 Å². The summed E-state index contributed by atoms with van der Waals surface area (Å²) < 4.78 is 11.1. The molecule has 1 amide bonds. The molecule has 1 aromatic carbocycles. The summed E-state index contributed by atoms with van der Waals surface area (Å²) in [4.78, 5) is 29.0. The number of hydrogen-bond donors (Lipinski definition) is 2. The van der Waals surface area contributed by atoms with Crippen LogP contribution in [0.4, 0.5) is 11.5 Å². The van der Waals surface area contributed by atoms with Crippen LogP contribution in [0.15, 0.2) is 42.6 Å². The monoisotopic (exact) mass is 423 g/mol. The third-order valence-corrected chi connectivity index (χ3v) is 5.71. The summed E-state index contributed by atoms with van der Waals surface area (Å²) in [5.41, 5.74) is 2.22. The van der Waals surface area contributed by atoms with Crippen molar-refractivity contribution in [2.45, 2.75) is 63.7 Å². The number of benzene rings is 1. The van der Waals surface area contributed by atoms with Crippen molar-refractivity contribution in [1.29, 1.82) is 0 Å². The van der Waals surface area contributed by atoms with Crippen molar-refractivity contribution in [1.82, 2.24) is 4.98 Å². The van der Waals surface area contributed by atoms with E-state index in [1.165, 1.54) is 6.42 Å². The maximum absolute atomic E-state index is 12.5. The van der Waals surface area contributed by atoms with Gasteiger partial charge in [-0.3, -0.25) is 4.79 Å². The van der Waals surface area contributed by atoms with Crippen LogP contribution in [0, 0.1) is 0 Å². The molecule has 2 aromatic rings. The van der Waals surface area contributed by atoms with Gasteiger partial charge in [-0.1, -0.05) is 18.6 Å². The molecule has 164 valence electrons. The first-order valence-electron chi connectivity index (χ1n) is 11.1.